The molecule has 10 aromatic rings. The summed E-state index contributed by atoms with van der Waals surface area (Å²) in [7, 11) is 0. The van der Waals surface area contributed by atoms with Gasteiger partial charge in [0.25, 0.3) is 0 Å². The Morgan fingerprint density at radius 2 is 1.06 bits per heavy atom. The number of nitrogens with one attached hydrogen (secondary N) is 1. The Labute approximate surface area is 309 Å². The Morgan fingerprint density at radius 3 is 1.96 bits per heavy atom. The molecule has 1 N–H and O–H groups in total. The highest BCUT2D eigenvalue weighted by Gasteiger charge is 2.26. The fraction of sp³-hybridized carbons (Fsp3) is 0.0204. The molecule has 0 spiro atoms. The van der Waals surface area contributed by atoms with Crippen LogP contribution in [-0.4, -0.2) is 11.7 Å². The topological polar surface area (TPSA) is 63.0 Å². The Morgan fingerprint density at radius 1 is 0.389 bits per heavy atom. The number of benzene rings is 8. The molecule has 0 radical (unpaired) electrons. The van der Waals surface area contributed by atoms with E-state index in [4.69, 9.17) is 18.8 Å². The summed E-state index contributed by atoms with van der Waals surface area (Å²) >= 11 is 0. The van der Waals surface area contributed by atoms with Crippen molar-refractivity contribution < 1.29 is 8.83 Å². The van der Waals surface area contributed by atoms with Gasteiger partial charge in [0.05, 0.1) is 5.56 Å². The van der Waals surface area contributed by atoms with Crippen LogP contribution in [0.3, 0.4) is 0 Å². The molecule has 54 heavy (non-hydrogen) atoms. The average Bonchev–Trinajstić information content (AvgIpc) is 3.91. The molecule has 0 saturated carbocycles. The van der Waals surface area contributed by atoms with E-state index in [2.05, 4.69) is 133 Å². The first kappa shape index (κ1) is 29.3. The molecule has 12 rings (SSSR count). The molecule has 5 heteroatoms. The zero-order valence-corrected chi connectivity index (χ0v) is 28.9. The zero-order valence-electron chi connectivity index (χ0n) is 28.9. The van der Waals surface area contributed by atoms with E-state index in [1.165, 1.54) is 33.0 Å². The highest BCUT2D eigenvalue weighted by atomic mass is 16.3. The quantitative estimate of drug-likeness (QED) is 0.200. The number of rotatable bonds is 4. The number of para-hydroxylation sites is 2. The van der Waals surface area contributed by atoms with Gasteiger partial charge in [-0.25, -0.2) is 9.98 Å². The summed E-state index contributed by atoms with van der Waals surface area (Å²) in [5, 5.41) is 10.5. The van der Waals surface area contributed by atoms with Crippen molar-refractivity contribution in [2.45, 2.75) is 6.17 Å². The molecular formula is C49H29N3O2. The molecule has 1 aliphatic heterocycles. The van der Waals surface area contributed by atoms with Crippen molar-refractivity contribution in [2.24, 2.45) is 9.98 Å². The number of nitrogens with zero attached hydrogens (tertiary/aromatic N) is 2. The highest BCUT2D eigenvalue weighted by molar-refractivity contribution is 6.28. The molecule has 5 nitrogen and oxygen atoms in total. The van der Waals surface area contributed by atoms with E-state index in [1.54, 1.807) is 0 Å². The van der Waals surface area contributed by atoms with Gasteiger partial charge < -0.3 is 14.2 Å². The number of amidine groups is 2. The molecule has 8 aromatic carbocycles. The van der Waals surface area contributed by atoms with Crippen LogP contribution in [0.4, 0.5) is 0 Å². The average molecular weight is 692 g/mol. The Hall–Kier alpha value is -7.24. The van der Waals surface area contributed by atoms with Crippen molar-refractivity contribution in [1.29, 1.82) is 0 Å². The summed E-state index contributed by atoms with van der Waals surface area (Å²) < 4.78 is 13.0. The smallest absolute Gasteiger partial charge is 0.169 e. The van der Waals surface area contributed by atoms with Gasteiger partial charge in [0.15, 0.2) is 6.17 Å². The molecule has 2 aromatic heterocycles. The molecule has 1 unspecified atom stereocenters. The van der Waals surface area contributed by atoms with Gasteiger partial charge in [0.2, 0.25) is 0 Å². The van der Waals surface area contributed by atoms with Crippen LogP contribution in [0, 0.1) is 0 Å². The van der Waals surface area contributed by atoms with Crippen LogP contribution < -0.4 is 5.32 Å². The van der Waals surface area contributed by atoms with Crippen LogP contribution in [0.15, 0.2) is 183 Å². The summed E-state index contributed by atoms with van der Waals surface area (Å²) in [6, 6.07) is 57.3. The van der Waals surface area contributed by atoms with E-state index in [1.807, 2.05) is 36.4 Å². The van der Waals surface area contributed by atoms with Gasteiger partial charge in [-0.05, 0) is 86.1 Å². The highest BCUT2D eigenvalue weighted by Crippen LogP contribution is 2.51. The molecule has 0 saturated heterocycles. The fourth-order valence-electron chi connectivity index (χ4n) is 8.61. The van der Waals surface area contributed by atoms with Crippen molar-refractivity contribution >= 4 is 66.3 Å². The normalized spacial score (nSPS) is 14.9. The minimum atomic E-state index is -0.474. The SMILES string of the molecule is c1ccc(C2=NC(c3cccc(-c4ccc5oc6cc7c8c(cccc8c6c5c4)-c4ccccc4-7)c3)N=C(c3cccc4c3oc3ccccc34)N2)cc1. The largest absolute Gasteiger partial charge is 0.456 e. The second-order valence-corrected chi connectivity index (χ2v) is 14.1. The standard InChI is InChI=1S/C49H29N3O2/c1-2-11-28(12-3-1)47-50-48(52-49(51-47)38-21-10-19-36-34-17-6-7-22-41(34)54-46(36)38)31-14-8-13-29(25-31)30-23-24-42-40(26-30)45-37-20-9-18-35-32-15-4-5-16-33(32)39(44(35)37)27-43(45)53-42/h1-27,48H,(H,50,51,52). The number of aliphatic imine (C=N–C) groups is 2. The van der Waals surface area contributed by atoms with Gasteiger partial charge >= 0.3 is 0 Å². The first-order chi connectivity index (χ1) is 26.7. The van der Waals surface area contributed by atoms with Crippen molar-refractivity contribution in [3.8, 4) is 33.4 Å². The second-order valence-electron chi connectivity index (χ2n) is 14.1. The monoisotopic (exact) mass is 691 g/mol. The van der Waals surface area contributed by atoms with Crippen LogP contribution in [0.25, 0.3) is 88.0 Å². The summed E-state index contributed by atoms with van der Waals surface area (Å²) in [6.07, 6.45) is -0.474. The van der Waals surface area contributed by atoms with Crippen molar-refractivity contribution in [3.63, 3.8) is 0 Å². The van der Waals surface area contributed by atoms with Gasteiger partial charge in [0, 0.05) is 27.1 Å². The third kappa shape index (κ3) is 4.27. The van der Waals surface area contributed by atoms with Crippen molar-refractivity contribution in [1.82, 2.24) is 5.32 Å². The lowest BCUT2D eigenvalue weighted by Gasteiger charge is -2.22. The Kier molecular flexibility index (Phi) is 6.05. The third-order valence-electron chi connectivity index (χ3n) is 11.1. The maximum Gasteiger partial charge on any atom is 0.169 e. The van der Waals surface area contributed by atoms with E-state index in [-0.39, 0.29) is 0 Å². The minimum Gasteiger partial charge on any atom is -0.456 e. The van der Waals surface area contributed by atoms with E-state index < -0.39 is 6.17 Å². The van der Waals surface area contributed by atoms with Crippen LogP contribution in [0.5, 0.6) is 0 Å². The van der Waals surface area contributed by atoms with Crippen molar-refractivity contribution in [3.05, 3.63) is 180 Å². The van der Waals surface area contributed by atoms with Gasteiger partial charge in [-0.15, -0.1) is 0 Å². The van der Waals surface area contributed by atoms with Crippen molar-refractivity contribution in [2.75, 3.05) is 0 Å². The predicted molar refractivity (Wildman–Crippen MR) is 220 cm³/mol. The lowest BCUT2D eigenvalue weighted by atomic mass is 9.96. The van der Waals surface area contributed by atoms with Crippen LogP contribution in [-0.2, 0) is 0 Å². The number of hydrogen-bond donors (Lipinski definition) is 1. The lowest BCUT2D eigenvalue weighted by molar-refractivity contribution is 0.667. The van der Waals surface area contributed by atoms with Gasteiger partial charge in [-0.3, -0.25) is 0 Å². The number of fused-ring (bicyclic) bond motifs is 10. The molecule has 0 bridgehead atoms. The first-order valence-corrected chi connectivity index (χ1v) is 18.3. The minimum absolute atomic E-state index is 0.474. The maximum absolute atomic E-state index is 6.56. The third-order valence-corrected chi connectivity index (χ3v) is 11.1. The van der Waals surface area contributed by atoms with E-state index in [0.29, 0.717) is 0 Å². The Bertz CT molecular complexity index is 3260. The maximum atomic E-state index is 6.56. The van der Waals surface area contributed by atoms with E-state index in [0.717, 1.165) is 83.4 Å². The molecule has 2 aliphatic rings. The van der Waals surface area contributed by atoms with E-state index in [9.17, 15) is 0 Å². The first-order valence-electron chi connectivity index (χ1n) is 18.3. The van der Waals surface area contributed by atoms with Crippen LogP contribution in [0.2, 0.25) is 0 Å². The fourth-order valence-corrected chi connectivity index (χ4v) is 8.61. The molecule has 252 valence electrons. The lowest BCUT2D eigenvalue weighted by Crippen LogP contribution is -2.36. The molecule has 0 fully saturated rings. The van der Waals surface area contributed by atoms with Crippen LogP contribution >= 0.6 is 0 Å². The second kappa shape index (κ2) is 11.1. The van der Waals surface area contributed by atoms with Gasteiger partial charge in [0.1, 0.15) is 34.0 Å². The summed E-state index contributed by atoms with van der Waals surface area (Å²) in [5.74, 6) is 1.49. The van der Waals surface area contributed by atoms with E-state index >= 15 is 0 Å². The summed E-state index contributed by atoms with van der Waals surface area (Å²) in [5.41, 5.74) is 13.6. The van der Waals surface area contributed by atoms with Gasteiger partial charge in [-0.2, -0.15) is 0 Å². The molecular weight excluding hydrogens is 663 g/mol. The molecule has 1 atom stereocenters. The molecule has 3 heterocycles. The Balaban J connectivity index is 0.996. The van der Waals surface area contributed by atoms with Gasteiger partial charge in [-0.1, -0.05) is 127 Å². The molecule has 0 amide bonds. The number of furan rings is 2. The summed E-state index contributed by atoms with van der Waals surface area (Å²) in [4.78, 5) is 10.4. The zero-order chi connectivity index (χ0) is 35.3. The van der Waals surface area contributed by atoms with Crippen LogP contribution in [0.1, 0.15) is 22.9 Å². The summed E-state index contributed by atoms with van der Waals surface area (Å²) in [6.45, 7) is 0. The molecule has 1 aliphatic carbocycles. The predicted octanol–water partition coefficient (Wildman–Crippen LogP) is 12.4. The number of hydrogen-bond acceptors (Lipinski definition) is 5.